The van der Waals surface area contributed by atoms with Crippen LogP contribution in [-0.2, 0) is 6.18 Å². The van der Waals surface area contributed by atoms with Crippen molar-refractivity contribution in [1.29, 1.82) is 0 Å². The van der Waals surface area contributed by atoms with Crippen molar-refractivity contribution in [1.82, 2.24) is 15.0 Å². The molecular formula is C20H13F3N4. The lowest BCUT2D eigenvalue weighted by molar-refractivity contribution is -0.137. The van der Waals surface area contributed by atoms with Gasteiger partial charge >= 0.3 is 6.18 Å². The summed E-state index contributed by atoms with van der Waals surface area (Å²) in [6.07, 6.45) is -1.04. The van der Waals surface area contributed by atoms with Crippen LogP contribution in [0.4, 0.5) is 24.8 Å². The molecule has 4 rings (SSSR count). The smallest absolute Gasteiger partial charge is 0.324 e. The van der Waals surface area contributed by atoms with E-state index in [1.54, 1.807) is 18.5 Å². The van der Waals surface area contributed by atoms with E-state index in [4.69, 9.17) is 0 Å². The van der Waals surface area contributed by atoms with Gasteiger partial charge in [0.05, 0.1) is 16.8 Å². The van der Waals surface area contributed by atoms with Gasteiger partial charge in [0.2, 0.25) is 5.95 Å². The number of halogens is 3. The van der Waals surface area contributed by atoms with E-state index in [1.807, 2.05) is 30.3 Å². The quantitative estimate of drug-likeness (QED) is 0.523. The molecule has 0 aliphatic heterocycles. The van der Waals surface area contributed by atoms with Crippen LogP contribution < -0.4 is 5.32 Å². The van der Waals surface area contributed by atoms with Gasteiger partial charge in [0, 0.05) is 29.0 Å². The minimum atomic E-state index is -4.36. The van der Waals surface area contributed by atoms with Gasteiger partial charge in [-0.3, -0.25) is 4.98 Å². The number of aromatic nitrogens is 3. The fourth-order valence-corrected chi connectivity index (χ4v) is 2.68. The van der Waals surface area contributed by atoms with Crippen molar-refractivity contribution in [3.63, 3.8) is 0 Å². The maximum Gasteiger partial charge on any atom is 0.416 e. The number of benzene rings is 2. The Balaban J connectivity index is 1.60. The van der Waals surface area contributed by atoms with Crippen molar-refractivity contribution in [3.8, 4) is 11.3 Å². The molecule has 0 amide bonds. The highest BCUT2D eigenvalue weighted by Crippen LogP contribution is 2.30. The van der Waals surface area contributed by atoms with E-state index in [0.29, 0.717) is 17.3 Å². The fraction of sp³-hybridized carbons (Fsp3) is 0.0500. The van der Waals surface area contributed by atoms with Crippen LogP contribution in [0, 0.1) is 0 Å². The minimum absolute atomic E-state index is 0.299. The Bertz CT molecular complexity index is 1090. The highest BCUT2D eigenvalue weighted by atomic mass is 19.4. The van der Waals surface area contributed by atoms with E-state index in [1.165, 1.54) is 12.1 Å². The number of fused-ring (bicyclic) bond motifs is 1. The van der Waals surface area contributed by atoms with Crippen molar-refractivity contribution in [2.75, 3.05) is 5.32 Å². The summed E-state index contributed by atoms with van der Waals surface area (Å²) in [6, 6.07) is 16.2. The van der Waals surface area contributed by atoms with Crippen LogP contribution in [0.1, 0.15) is 5.56 Å². The van der Waals surface area contributed by atoms with E-state index in [2.05, 4.69) is 20.3 Å². The highest BCUT2D eigenvalue weighted by Gasteiger charge is 2.29. The van der Waals surface area contributed by atoms with E-state index >= 15 is 0 Å². The third-order valence-corrected chi connectivity index (χ3v) is 4.03. The Labute approximate surface area is 152 Å². The number of anilines is 2. The number of pyridine rings is 1. The predicted octanol–water partition coefficient (Wildman–Crippen LogP) is 5.45. The average Bonchev–Trinajstić information content (AvgIpc) is 2.67. The van der Waals surface area contributed by atoms with Gasteiger partial charge < -0.3 is 5.32 Å². The SMILES string of the molecule is FC(F)(F)c1ccc(Nc2nccc(-c3ccc4cccnc4c3)n2)cc1. The molecule has 2 aromatic carbocycles. The molecule has 0 fully saturated rings. The first-order valence-electron chi connectivity index (χ1n) is 8.11. The second-order valence-corrected chi connectivity index (χ2v) is 5.88. The first-order chi connectivity index (χ1) is 13.0. The number of alkyl halides is 3. The molecule has 0 saturated heterocycles. The van der Waals surface area contributed by atoms with Crippen molar-refractivity contribution >= 4 is 22.5 Å². The zero-order valence-electron chi connectivity index (χ0n) is 13.9. The molecule has 0 bridgehead atoms. The van der Waals surface area contributed by atoms with E-state index in [-0.39, 0.29) is 0 Å². The lowest BCUT2D eigenvalue weighted by Crippen LogP contribution is -2.04. The van der Waals surface area contributed by atoms with Gasteiger partial charge in [-0.1, -0.05) is 18.2 Å². The summed E-state index contributed by atoms with van der Waals surface area (Å²) < 4.78 is 37.9. The van der Waals surface area contributed by atoms with Crippen molar-refractivity contribution < 1.29 is 13.2 Å². The predicted molar refractivity (Wildman–Crippen MR) is 97.5 cm³/mol. The molecule has 4 aromatic rings. The number of hydrogen-bond donors (Lipinski definition) is 1. The molecule has 0 atom stereocenters. The Morgan fingerprint density at radius 1 is 0.815 bits per heavy atom. The maximum atomic E-state index is 12.6. The summed E-state index contributed by atoms with van der Waals surface area (Å²) in [5.74, 6) is 0.299. The van der Waals surface area contributed by atoms with Crippen LogP contribution in [0.15, 0.2) is 73.1 Å². The molecule has 0 aliphatic rings. The Kier molecular flexibility index (Phi) is 4.19. The fourth-order valence-electron chi connectivity index (χ4n) is 2.68. The summed E-state index contributed by atoms with van der Waals surface area (Å²) in [5, 5.41) is 3.95. The van der Waals surface area contributed by atoms with Gasteiger partial charge in [-0.15, -0.1) is 0 Å². The topological polar surface area (TPSA) is 50.7 Å². The molecule has 134 valence electrons. The summed E-state index contributed by atoms with van der Waals surface area (Å²) in [5.41, 5.74) is 2.18. The molecule has 2 heterocycles. The molecule has 0 unspecified atom stereocenters. The van der Waals surface area contributed by atoms with Crippen LogP contribution in [0.25, 0.3) is 22.2 Å². The molecule has 4 nitrogen and oxygen atoms in total. The Hall–Kier alpha value is -3.48. The second-order valence-electron chi connectivity index (χ2n) is 5.88. The third-order valence-electron chi connectivity index (χ3n) is 4.03. The van der Waals surface area contributed by atoms with Crippen molar-refractivity contribution in [2.24, 2.45) is 0 Å². The molecular weight excluding hydrogens is 353 g/mol. The first-order valence-corrected chi connectivity index (χ1v) is 8.11. The number of hydrogen-bond acceptors (Lipinski definition) is 4. The number of rotatable bonds is 3. The minimum Gasteiger partial charge on any atom is -0.324 e. The van der Waals surface area contributed by atoms with E-state index in [9.17, 15) is 13.2 Å². The maximum absolute atomic E-state index is 12.6. The van der Waals surface area contributed by atoms with Gasteiger partial charge in [0.25, 0.3) is 0 Å². The highest BCUT2D eigenvalue weighted by molar-refractivity contribution is 5.83. The van der Waals surface area contributed by atoms with Gasteiger partial charge in [0.1, 0.15) is 0 Å². The second kappa shape index (κ2) is 6.68. The largest absolute Gasteiger partial charge is 0.416 e. The standard InChI is InChI=1S/C20H13F3N4/c21-20(22,23)15-5-7-16(8-6-15)26-19-25-11-9-17(27-19)14-4-3-13-2-1-10-24-18(13)12-14/h1-12H,(H,25,26,27). The van der Waals surface area contributed by atoms with Gasteiger partial charge in [-0.25, -0.2) is 9.97 Å². The molecule has 0 aliphatic carbocycles. The van der Waals surface area contributed by atoms with Crippen molar-refractivity contribution in [2.45, 2.75) is 6.18 Å². The van der Waals surface area contributed by atoms with Gasteiger partial charge in [-0.05, 0) is 42.5 Å². The van der Waals surface area contributed by atoms with Crippen LogP contribution in [0.5, 0.6) is 0 Å². The Morgan fingerprint density at radius 2 is 1.63 bits per heavy atom. The van der Waals surface area contributed by atoms with Gasteiger partial charge in [0.15, 0.2) is 0 Å². The zero-order chi connectivity index (χ0) is 18.9. The molecule has 27 heavy (non-hydrogen) atoms. The molecule has 0 spiro atoms. The normalized spacial score (nSPS) is 11.5. The lowest BCUT2D eigenvalue weighted by Gasteiger charge is -2.09. The average molecular weight is 366 g/mol. The number of nitrogens with one attached hydrogen (secondary N) is 1. The monoisotopic (exact) mass is 366 g/mol. The van der Waals surface area contributed by atoms with Crippen LogP contribution in [0.3, 0.4) is 0 Å². The summed E-state index contributed by atoms with van der Waals surface area (Å²) in [7, 11) is 0. The lowest BCUT2D eigenvalue weighted by atomic mass is 10.1. The molecule has 0 radical (unpaired) electrons. The van der Waals surface area contributed by atoms with Crippen molar-refractivity contribution in [3.05, 3.63) is 78.6 Å². The first kappa shape index (κ1) is 17.0. The summed E-state index contributed by atoms with van der Waals surface area (Å²) >= 11 is 0. The molecule has 7 heteroatoms. The van der Waals surface area contributed by atoms with Gasteiger partial charge in [-0.2, -0.15) is 13.2 Å². The Morgan fingerprint density at radius 3 is 2.41 bits per heavy atom. The van der Waals surface area contributed by atoms with E-state index < -0.39 is 11.7 Å². The third kappa shape index (κ3) is 3.72. The van der Waals surface area contributed by atoms with Crippen LogP contribution in [0.2, 0.25) is 0 Å². The van der Waals surface area contributed by atoms with Crippen LogP contribution >= 0.6 is 0 Å². The number of nitrogens with zero attached hydrogens (tertiary/aromatic N) is 3. The van der Waals surface area contributed by atoms with Crippen LogP contribution in [-0.4, -0.2) is 15.0 Å². The molecule has 0 saturated carbocycles. The zero-order valence-corrected chi connectivity index (χ0v) is 13.9. The summed E-state index contributed by atoms with van der Waals surface area (Å²) in [4.78, 5) is 12.9. The summed E-state index contributed by atoms with van der Waals surface area (Å²) in [6.45, 7) is 0. The van der Waals surface area contributed by atoms with E-state index in [0.717, 1.165) is 28.6 Å². The molecule has 1 N–H and O–H groups in total. The molecule has 2 aromatic heterocycles.